The Bertz CT molecular complexity index is 358. The second-order valence-corrected chi connectivity index (χ2v) is 2.35. The van der Waals surface area contributed by atoms with Crippen LogP contribution in [0.15, 0.2) is 18.2 Å². The lowest BCUT2D eigenvalue weighted by atomic mass is 10.1. The van der Waals surface area contributed by atoms with Crippen LogP contribution in [0.5, 0.6) is 0 Å². The number of rotatable bonds is 0. The summed E-state index contributed by atoms with van der Waals surface area (Å²) in [6.45, 7) is 1.75. The Balaban J connectivity index is 3.09. The summed E-state index contributed by atoms with van der Waals surface area (Å²) in [6.07, 6.45) is 0.517. The second kappa shape index (κ2) is 3.68. The van der Waals surface area contributed by atoms with E-state index < -0.39 is 0 Å². The zero-order valence-electron chi connectivity index (χ0n) is 6.60. The number of hydrogen-bond donors (Lipinski definition) is 0. The van der Waals surface area contributed by atoms with Gasteiger partial charge in [0.1, 0.15) is 5.82 Å². The summed E-state index contributed by atoms with van der Waals surface area (Å²) in [4.78, 5) is 9.91. The molecule has 0 amide bonds. The lowest BCUT2D eigenvalue weighted by Crippen LogP contribution is -1.83. The molecule has 0 aromatic heterocycles. The standard InChI is InChI=1S/C10H7FO/c1-8-7-10(11)5-4-9(8)3-2-6-12/h4-7H,1H3. The number of carbonyl (C=O) groups excluding carboxylic acids is 1. The van der Waals surface area contributed by atoms with E-state index in [0.717, 1.165) is 5.56 Å². The number of carbonyl (C=O) groups is 1. The van der Waals surface area contributed by atoms with Crippen LogP contribution >= 0.6 is 0 Å². The summed E-state index contributed by atoms with van der Waals surface area (Å²) in [5.41, 5.74) is 1.42. The van der Waals surface area contributed by atoms with Crippen molar-refractivity contribution in [2.24, 2.45) is 0 Å². The van der Waals surface area contributed by atoms with E-state index in [9.17, 15) is 9.18 Å². The molecule has 0 fully saturated rings. The zero-order chi connectivity index (χ0) is 8.97. The third-order valence-electron chi connectivity index (χ3n) is 1.45. The Kier molecular flexibility index (Phi) is 2.60. The van der Waals surface area contributed by atoms with Gasteiger partial charge in [0.2, 0.25) is 0 Å². The first kappa shape index (κ1) is 8.48. The smallest absolute Gasteiger partial charge is 0.193 e. The van der Waals surface area contributed by atoms with E-state index in [-0.39, 0.29) is 5.82 Å². The maximum Gasteiger partial charge on any atom is 0.193 e. The average molecular weight is 162 g/mol. The van der Waals surface area contributed by atoms with Gasteiger partial charge in [-0.2, -0.15) is 0 Å². The first-order chi connectivity index (χ1) is 5.74. The van der Waals surface area contributed by atoms with Crippen LogP contribution in [-0.2, 0) is 4.79 Å². The number of halogens is 1. The molecule has 0 unspecified atom stereocenters. The molecule has 1 aromatic rings. The highest BCUT2D eigenvalue weighted by molar-refractivity contribution is 5.74. The largest absolute Gasteiger partial charge is 0.289 e. The van der Waals surface area contributed by atoms with Crippen LogP contribution in [-0.4, -0.2) is 6.29 Å². The van der Waals surface area contributed by atoms with Gasteiger partial charge < -0.3 is 0 Å². The van der Waals surface area contributed by atoms with Gasteiger partial charge in [-0.3, -0.25) is 4.79 Å². The molecular formula is C10H7FO. The molecule has 1 aromatic carbocycles. The lowest BCUT2D eigenvalue weighted by Gasteiger charge is -1.95. The molecule has 0 spiro atoms. The maximum absolute atomic E-state index is 12.6. The Labute approximate surface area is 70.2 Å². The average Bonchev–Trinajstić information content (AvgIpc) is 2.03. The normalized spacial score (nSPS) is 8.50. The minimum absolute atomic E-state index is 0.288. The van der Waals surface area contributed by atoms with E-state index in [1.807, 2.05) is 0 Å². The fourth-order valence-corrected chi connectivity index (χ4v) is 0.875. The van der Waals surface area contributed by atoms with Crippen molar-refractivity contribution in [3.05, 3.63) is 35.1 Å². The monoisotopic (exact) mass is 162 g/mol. The summed E-state index contributed by atoms with van der Waals surface area (Å²) in [5, 5.41) is 0. The topological polar surface area (TPSA) is 17.1 Å². The van der Waals surface area contributed by atoms with Crippen molar-refractivity contribution in [3.8, 4) is 11.8 Å². The predicted octanol–water partition coefficient (Wildman–Crippen LogP) is 1.68. The van der Waals surface area contributed by atoms with E-state index in [0.29, 0.717) is 11.8 Å². The summed E-state index contributed by atoms with van der Waals surface area (Å²) >= 11 is 0. The van der Waals surface area contributed by atoms with Gasteiger partial charge in [-0.25, -0.2) is 4.39 Å². The molecule has 0 atom stereocenters. The van der Waals surface area contributed by atoms with Crippen molar-refractivity contribution in [3.63, 3.8) is 0 Å². The van der Waals surface area contributed by atoms with Crippen LogP contribution in [0.1, 0.15) is 11.1 Å². The van der Waals surface area contributed by atoms with Gasteiger partial charge in [-0.15, -0.1) is 0 Å². The number of aldehydes is 1. The number of aryl methyl sites for hydroxylation is 1. The highest BCUT2D eigenvalue weighted by Gasteiger charge is 1.95. The van der Waals surface area contributed by atoms with E-state index in [1.165, 1.54) is 12.1 Å². The molecule has 0 aliphatic carbocycles. The van der Waals surface area contributed by atoms with Gasteiger partial charge in [0, 0.05) is 5.56 Å². The third-order valence-corrected chi connectivity index (χ3v) is 1.45. The van der Waals surface area contributed by atoms with Crippen molar-refractivity contribution in [1.82, 2.24) is 0 Å². The molecule has 0 radical (unpaired) electrons. The highest BCUT2D eigenvalue weighted by atomic mass is 19.1. The molecule has 0 saturated carbocycles. The molecule has 1 rings (SSSR count). The van der Waals surface area contributed by atoms with Gasteiger partial charge in [0.25, 0.3) is 0 Å². The van der Waals surface area contributed by atoms with E-state index in [1.54, 1.807) is 13.0 Å². The molecule has 0 bridgehead atoms. The molecule has 2 heteroatoms. The van der Waals surface area contributed by atoms with E-state index in [2.05, 4.69) is 11.8 Å². The van der Waals surface area contributed by atoms with Gasteiger partial charge >= 0.3 is 0 Å². The molecule has 60 valence electrons. The summed E-state index contributed by atoms with van der Waals surface area (Å²) in [5.74, 6) is 4.59. The Morgan fingerprint density at radius 2 is 2.25 bits per heavy atom. The van der Waals surface area contributed by atoms with E-state index >= 15 is 0 Å². The van der Waals surface area contributed by atoms with E-state index in [4.69, 9.17) is 0 Å². The summed E-state index contributed by atoms with van der Waals surface area (Å²) in [6, 6.07) is 4.26. The quantitative estimate of drug-likeness (QED) is 0.419. The van der Waals surface area contributed by atoms with Crippen LogP contribution in [0.2, 0.25) is 0 Å². The minimum atomic E-state index is -0.288. The van der Waals surface area contributed by atoms with Crippen molar-refractivity contribution < 1.29 is 9.18 Å². The van der Waals surface area contributed by atoms with Crippen molar-refractivity contribution in [2.75, 3.05) is 0 Å². The predicted molar refractivity (Wildman–Crippen MR) is 44.1 cm³/mol. The van der Waals surface area contributed by atoms with Gasteiger partial charge in [0.15, 0.2) is 6.29 Å². The van der Waals surface area contributed by atoms with Crippen LogP contribution in [0, 0.1) is 24.6 Å². The maximum atomic E-state index is 12.6. The Morgan fingerprint density at radius 3 is 2.83 bits per heavy atom. The van der Waals surface area contributed by atoms with Crippen molar-refractivity contribution in [1.29, 1.82) is 0 Å². The number of benzene rings is 1. The van der Waals surface area contributed by atoms with Gasteiger partial charge in [-0.1, -0.05) is 5.92 Å². The van der Waals surface area contributed by atoms with Gasteiger partial charge in [0.05, 0.1) is 0 Å². The first-order valence-electron chi connectivity index (χ1n) is 3.45. The second-order valence-electron chi connectivity index (χ2n) is 2.35. The molecule has 0 aliphatic heterocycles. The molecule has 0 N–H and O–H groups in total. The molecule has 0 aliphatic rings. The summed E-state index contributed by atoms with van der Waals surface area (Å²) in [7, 11) is 0. The number of hydrogen-bond acceptors (Lipinski definition) is 1. The van der Waals surface area contributed by atoms with Crippen LogP contribution < -0.4 is 0 Å². The molecule has 0 heterocycles. The Hall–Kier alpha value is -1.62. The molecule has 12 heavy (non-hydrogen) atoms. The van der Waals surface area contributed by atoms with Crippen molar-refractivity contribution >= 4 is 6.29 Å². The molecular weight excluding hydrogens is 155 g/mol. The Morgan fingerprint density at radius 1 is 1.50 bits per heavy atom. The highest BCUT2D eigenvalue weighted by Crippen LogP contribution is 2.07. The third kappa shape index (κ3) is 1.93. The zero-order valence-corrected chi connectivity index (χ0v) is 6.60. The van der Waals surface area contributed by atoms with Crippen LogP contribution in [0.3, 0.4) is 0 Å². The minimum Gasteiger partial charge on any atom is -0.289 e. The van der Waals surface area contributed by atoms with Crippen molar-refractivity contribution in [2.45, 2.75) is 6.92 Å². The SMILES string of the molecule is Cc1cc(F)ccc1C#CC=O. The lowest BCUT2D eigenvalue weighted by molar-refractivity contribution is -0.103. The molecule has 1 nitrogen and oxygen atoms in total. The first-order valence-corrected chi connectivity index (χ1v) is 3.45. The summed E-state index contributed by atoms with van der Waals surface area (Å²) < 4.78 is 12.6. The molecule has 0 saturated heterocycles. The fourth-order valence-electron chi connectivity index (χ4n) is 0.875. The van der Waals surface area contributed by atoms with Crippen LogP contribution in [0.4, 0.5) is 4.39 Å². The fraction of sp³-hybridized carbons (Fsp3) is 0.100. The van der Waals surface area contributed by atoms with Crippen LogP contribution in [0.25, 0.3) is 0 Å². The van der Waals surface area contributed by atoms with Gasteiger partial charge in [-0.05, 0) is 36.6 Å².